The van der Waals surface area contributed by atoms with Crippen LogP contribution in [0.25, 0.3) is 0 Å². The Bertz CT molecular complexity index is 485. The zero-order valence-electron chi connectivity index (χ0n) is 9.61. The molecule has 2 rings (SSSR count). The van der Waals surface area contributed by atoms with Crippen LogP contribution in [-0.2, 0) is 0 Å². The van der Waals surface area contributed by atoms with Crippen molar-refractivity contribution in [3.8, 4) is 0 Å². The van der Waals surface area contributed by atoms with Crippen molar-refractivity contribution in [1.29, 1.82) is 0 Å². The molecule has 0 spiro atoms. The molecule has 0 aliphatic rings. The number of thiazole rings is 1. The van der Waals surface area contributed by atoms with Crippen molar-refractivity contribution in [3.05, 3.63) is 39.8 Å². The number of aromatic nitrogens is 1. The molecule has 0 fully saturated rings. The molecule has 0 radical (unpaired) electrons. The highest BCUT2D eigenvalue weighted by Crippen LogP contribution is 2.35. The summed E-state index contributed by atoms with van der Waals surface area (Å²) in [4.78, 5) is 5.48. The first-order valence-corrected chi connectivity index (χ1v) is 7.73. The standard InChI is InChI=1S/C12H13BrN2S2/c1-8(14-2)9-3-4-11(10(13)7-9)17-12-15-5-6-16-12/h3-8,14H,1-2H3. The van der Waals surface area contributed by atoms with Gasteiger partial charge in [0.15, 0.2) is 4.34 Å². The minimum atomic E-state index is 0.366. The monoisotopic (exact) mass is 328 g/mol. The zero-order valence-corrected chi connectivity index (χ0v) is 12.8. The van der Waals surface area contributed by atoms with Gasteiger partial charge in [0.1, 0.15) is 0 Å². The third-order valence-corrected chi connectivity index (χ3v) is 5.37. The first kappa shape index (κ1) is 13.1. The molecule has 1 unspecified atom stereocenters. The van der Waals surface area contributed by atoms with Crippen molar-refractivity contribution in [2.75, 3.05) is 7.05 Å². The van der Waals surface area contributed by atoms with Gasteiger partial charge in [-0.15, -0.1) is 11.3 Å². The molecule has 0 saturated carbocycles. The summed E-state index contributed by atoms with van der Waals surface area (Å²) >= 11 is 6.97. The number of hydrogen-bond acceptors (Lipinski definition) is 4. The summed E-state index contributed by atoms with van der Waals surface area (Å²) in [5.74, 6) is 0. The average Bonchev–Trinajstić information content (AvgIpc) is 2.83. The van der Waals surface area contributed by atoms with E-state index in [-0.39, 0.29) is 0 Å². The average molecular weight is 329 g/mol. The lowest BCUT2D eigenvalue weighted by Gasteiger charge is -2.12. The van der Waals surface area contributed by atoms with Crippen molar-refractivity contribution >= 4 is 39.0 Å². The predicted octanol–water partition coefficient (Wildman–Crippen LogP) is 4.34. The zero-order chi connectivity index (χ0) is 12.3. The second-order valence-corrected chi connectivity index (χ2v) is 6.64. The molecule has 0 bridgehead atoms. The third kappa shape index (κ3) is 3.31. The van der Waals surface area contributed by atoms with Crippen LogP contribution in [0.1, 0.15) is 18.5 Å². The van der Waals surface area contributed by atoms with Crippen molar-refractivity contribution in [2.24, 2.45) is 0 Å². The summed E-state index contributed by atoms with van der Waals surface area (Å²) < 4.78 is 2.19. The van der Waals surface area contributed by atoms with Crippen LogP contribution < -0.4 is 5.32 Å². The maximum atomic E-state index is 4.27. The second kappa shape index (κ2) is 6.00. The summed E-state index contributed by atoms with van der Waals surface area (Å²) in [6, 6.07) is 6.82. The molecule has 2 aromatic rings. The summed E-state index contributed by atoms with van der Waals surface area (Å²) in [7, 11) is 1.97. The fourth-order valence-corrected chi connectivity index (χ4v) is 3.61. The van der Waals surface area contributed by atoms with Gasteiger partial charge in [0.25, 0.3) is 0 Å². The Morgan fingerprint density at radius 1 is 1.47 bits per heavy atom. The van der Waals surface area contributed by atoms with Gasteiger partial charge in [-0.2, -0.15) is 0 Å². The molecule has 1 heterocycles. The third-order valence-electron chi connectivity index (χ3n) is 2.50. The molecule has 90 valence electrons. The van der Waals surface area contributed by atoms with Crippen molar-refractivity contribution in [1.82, 2.24) is 10.3 Å². The molecule has 1 aromatic carbocycles. The van der Waals surface area contributed by atoms with E-state index in [2.05, 4.69) is 51.4 Å². The summed E-state index contributed by atoms with van der Waals surface area (Å²) in [6.07, 6.45) is 1.83. The van der Waals surface area contributed by atoms with Crippen LogP contribution in [0.5, 0.6) is 0 Å². The molecule has 2 nitrogen and oxygen atoms in total. The van der Waals surface area contributed by atoms with E-state index in [1.165, 1.54) is 10.5 Å². The Morgan fingerprint density at radius 3 is 2.88 bits per heavy atom. The molecule has 0 aliphatic carbocycles. The Kier molecular flexibility index (Phi) is 4.62. The van der Waals surface area contributed by atoms with Crippen LogP contribution in [0.4, 0.5) is 0 Å². The fraction of sp³-hybridized carbons (Fsp3) is 0.250. The lowest BCUT2D eigenvalue weighted by Crippen LogP contribution is -2.12. The second-order valence-electron chi connectivity index (χ2n) is 3.60. The molecule has 0 saturated heterocycles. The van der Waals surface area contributed by atoms with Crippen LogP contribution in [0.2, 0.25) is 0 Å². The van der Waals surface area contributed by atoms with Crippen LogP contribution in [0.3, 0.4) is 0 Å². The van der Waals surface area contributed by atoms with Gasteiger partial charge in [-0.05, 0) is 47.6 Å². The van der Waals surface area contributed by atoms with Gasteiger partial charge in [-0.25, -0.2) is 4.98 Å². The fourth-order valence-electron chi connectivity index (χ4n) is 1.39. The van der Waals surface area contributed by atoms with Crippen LogP contribution in [-0.4, -0.2) is 12.0 Å². The minimum Gasteiger partial charge on any atom is -0.313 e. The van der Waals surface area contributed by atoms with Gasteiger partial charge in [0, 0.05) is 27.0 Å². The minimum absolute atomic E-state index is 0.366. The van der Waals surface area contributed by atoms with E-state index in [1.54, 1.807) is 23.1 Å². The van der Waals surface area contributed by atoms with Gasteiger partial charge in [0.2, 0.25) is 0 Å². The van der Waals surface area contributed by atoms with E-state index in [9.17, 15) is 0 Å². The molecule has 0 amide bonds. The van der Waals surface area contributed by atoms with Gasteiger partial charge in [0.05, 0.1) is 0 Å². The van der Waals surface area contributed by atoms with Crippen molar-refractivity contribution in [3.63, 3.8) is 0 Å². The van der Waals surface area contributed by atoms with Crippen LogP contribution in [0, 0.1) is 0 Å². The Labute approximate surface area is 118 Å². The Morgan fingerprint density at radius 2 is 2.29 bits per heavy atom. The number of nitrogens with zero attached hydrogens (tertiary/aromatic N) is 1. The van der Waals surface area contributed by atoms with Gasteiger partial charge >= 0.3 is 0 Å². The number of rotatable bonds is 4. The molecule has 0 aliphatic heterocycles. The Hall–Kier alpha value is -0.360. The molecule has 1 atom stereocenters. The topological polar surface area (TPSA) is 24.9 Å². The highest BCUT2D eigenvalue weighted by atomic mass is 79.9. The first-order valence-electron chi connectivity index (χ1n) is 5.24. The highest BCUT2D eigenvalue weighted by Gasteiger charge is 2.08. The summed E-state index contributed by atoms with van der Waals surface area (Å²) in [6.45, 7) is 2.15. The van der Waals surface area contributed by atoms with E-state index in [4.69, 9.17) is 0 Å². The normalized spacial score (nSPS) is 12.6. The molecule has 5 heteroatoms. The maximum absolute atomic E-state index is 4.27. The van der Waals surface area contributed by atoms with E-state index >= 15 is 0 Å². The maximum Gasteiger partial charge on any atom is 0.154 e. The predicted molar refractivity (Wildman–Crippen MR) is 77.9 cm³/mol. The van der Waals surface area contributed by atoms with E-state index in [0.717, 1.165) is 8.81 Å². The smallest absolute Gasteiger partial charge is 0.154 e. The van der Waals surface area contributed by atoms with Crippen molar-refractivity contribution in [2.45, 2.75) is 22.2 Å². The van der Waals surface area contributed by atoms with Crippen molar-refractivity contribution < 1.29 is 0 Å². The van der Waals surface area contributed by atoms with E-state index in [0.29, 0.717) is 6.04 Å². The van der Waals surface area contributed by atoms with Gasteiger partial charge in [-0.1, -0.05) is 17.8 Å². The SMILES string of the molecule is CNC(C)c1ccc(Sc2nccs2)c(Br)c1. The Balaban J connectivity index is 2.20. The summed E-state index contributed by atoms with van der Waals surface area (Å²) in [5.41, 5.74) is 1.28. The molecular weight excluding hydrogens is 316 g/mol. The van der Waals surface area contributed by atoms with Crippen LogP contribution in [0.15, 0.2) is 43.5 Å². The van der Waals surface area contributed by atoms with E-state index in [1.807, 2.05) is 18.6 Å². The van der Waals surface area contributed by atoms with Gasteiger partial charge in [-0.3, -0.25) is 0 Å². The van der Waals surface area contributed by atoms with Crippen LogP contribution >= 0.6 is 39.0 Å². The lowest BCUT2D eigenvalue weighted by atomic mass is 10.1. The quantitative estimate of drug-likeness (QED) is 0.903. The number of benzene rings is 1. The number of nitrogens with one attached hydrogen (secondary N) is 1. The lowest BCUT2D eigenvalue weighted by molar-refractivity contribution is 0.651. The molecule has 1 N–H and O–H groups in total. The van der Waals surface area contributed by atoms with E-state index < -0.39 is 0 Å². The molecular formula is C12H13BrN2S2. The largest absolute Gasteiger partial charge is 0.313 e. The number of halogens is 1. The highest BCUT2D eigenvalue weighted by molar-refractivity contribution is 9.10. The molecule has 17 heavy (non-hydrogen) atoms. The first-order chi connectivity index (χ1) is 8.20. The molecule has 1 aromatic heterocycles. The van der Waals surface area contributed by atoms with Gasteiger partial charge < -0.3 is 5.32 Å². The number of hydrogen-bond donors (Lipinski definition) is 1. The summed E-state index contributed by atoms with van der Waals surface area (Å²) in [5, 5.41) is 5.23.